The minimum absolute atomic E-state index is 0.254. The number of carbonyl (C=O) groups excluding carboxylic acids is 1. The topological polar surface area (TPSA) is 50.1 Å². The van der Waals surface area contributed by atoms with Crippen LogP contribution in [0.1, 0.15) is 78.1 Å². The summed E-state index contributed by atoms with van der Waals surface area (Å²) in [6.07, 6.45) is 13.7. The summed E-state index contributed by atoms with van der Waals surface area (Å²) in [5.74, 6) is 3.48. The molecular formula is C24H33NO2. The Bertz CT molecular complexity index is 733. The van der Waals surface area contributed by atoms with Crippen molar-refractivity contribution in [1.29, 1.82) is 5.26 Å². The van der Waals surface area contributed by atoms with E-state index in [0.29, 0.717) is 23.5 Å². The molecule has 5 rings (SSSR count). The van der Waals surface area contributed by atoms with Crippen molar-refractivity contribution < 1.29 is 9.53 Å². The molecule has 0 amide bonds. The van der Waals surface area contributed by atoms with Gasteiger partial charge in [0.05, 0.1) is 0 Å². The maximum Gasteiger partial charge on any atom is 0.349 e. The van der Waals surface area contributed by atoms with Crippen LogP contribution >= 0.6 is 0 Å². The summed E-state index contributed by atoms with van der Waals surface area (Å²) in [4.78, 5) is 12.0. The monoisotopic (exact) mass is 367 g/mol. The Morgan fingerprint density at radius 3 is 2.59 bits per heavy atom. The van der Waals surface area contributed by atoms with Crippen LogP contribution < -0.4 is 0 Å². The zero-order chi connectivity index (χ0) is 18.8. The minimum atomic E-state index is -0.386. The first kappa shape index (κ1) is 17.8. The molecular weight excluding hydrogens is 334 g/mol. The molecule has 4 aliphatic carbocycles. The van der Waals surface area contributed by atoms with E-state index in [9.17, 15) is 10.1 Å². The Morgan fingerprint density at radius 2 is 1.78 bits per heavy atom. The second-order valence-corrected chi connectivity index (χ2v) is 10.7. The lowest BCUT2D eigenvalue weighted by molar-refractivity contribution is -0.135. The van der Waals surface area contributed by atoms with Crippen molar-refractivity contribution in [2.24, 2.45) is 40.4 Å². The second-order valence-electron chi connectivity index (χ2n) is 10.7. The van der Waals surface area contributed by atoms with Gasteiger partial charge in [-0.25, -0.2) is 4.79 Å². The van der Waals surface area contributed by atoms with Crippen LogP contribution in [-0.4, -0.2) is 12.6 Å². The van der Waals surface area contributed by atoms with E-state index in [0.717, 1.165) is 35.7 Å². The lowest BCUT2D eigenvalue weighted by Gasteiger charge is -2.60. The van der Waals surface area contributed by atoms with E-state index in [-0.39, 0.29) is 11.4 Å². The van der Waals surface area contributed by atoms with Gasteiger partial charge in [-0.1, -0.05) is 26.7 Å². The lowest BCUT2D eigenvalue weighted by Crippen LogP contribution is -2.52. The molecule has 1 heterocycles. The summed E-state index contributed by atoms with van der Waals surface area (Å²) < 4.78 is 5.26. The number of cyclic esters (lactones) is 1. The van der Waals surface area contributed by atoms with Crippen LogP contribution in [0, 0.1) is 51.8 Å². The molecule has 0 aromatic rings. The highest BCUT2D eigenvalue weighted by Gasteiger charge is 2.60. The van der Waals surface area contributed by atoms with E-state index in [1.165, 1.54) is 57.8 Å². The highest BCUT2D eigenvalue weighted by atomic mass is 16.5. The summed E-state index contributed by atoms with van der Waals surface area (Å²) in [5, 5.41) is 9.49. The number of nitrogens with zero attached hydrogens (tertiary/aromatic N) is 1. The molecule has 1 aliphatic heterocycles. The normalized spacial score (nSPS) is 49.1. The van der Waals surface area contributed by atoms with Crippen molar-refractivity contribution in [2.75, 3.05) is 6.61 Å². The molecule has 0 radical (unpaired) electrons. The number of fused-ring (bicyclic) bond motifs is 5. The molecule has 3 nitrogen and oxygen atoms in total. The van der Waals surface area contributed by atoms with Crippen molar-refractivity contribution in [1.82, 2.24) is 0 Å². The number of nitriles is 1. The highest BCUT2D eigenvalue weighted by Crippen LogP contribution is 2.68. The number of ether oxygens (including phenoxy) is 1. The first-order valence-corrected chi connectivity index (χ1v) is 11.3. The Labute approximate surface area is 163 Å². The molecule has 0 unspecified atom stereocenters. The summed E-state index contributed by atoms with van der Waals surface area (Å²) in [5.41, 5.74) is 2.18. The Balaban J connectivity index is 1.46. The molecule has 7 atom stereocenters. The van der Waals surface area contributed by atoms with Crippen molar-refractivity contribution in [3.05, 3.63) is 11.1 Å². The fraction of sp³-hybridized carbons (Fsp3) is 0.833. The summed E-state index contributed by atoms with van der Waals surface area (Å²) in [6, 6.07) is 2.16. The van der Waals surface area contributed by atoms with E-state index < -0.39 is 0 Å². The summed E-state index contributed by atoms with van der Waals surface area (Å²) in [7, 11) is 0. The molecule has 5 aliphatic rings. The molecule has 0 spiro atoms. The van der Waals surface area contributed by atoms with Crippen molar-refractivity contribution in [3.63, 3.8) is 0 Å². The van der Waals surface area contributed by atoms with Crippen LogP contribution in [0.3, 0.4) is 0 Å². The van der Waals surface area contributed by atoms with Crippen LogP contribution in [0.5, 0.6) is 0 Å². The van der Waals surface area contributed by atoms with Gasteiger partial charge in [-0.2, -0.15) is 5.26 Å². The zero-order valence-electron chi connectivity index (χ0n) is 16.9. The molecule has 146 valence electrons. The van der Waals surface area contributed by atoms with Gasteiger partial charge in [0.25, 0.3) is 0 Å². The molecule has 0 aromatic carbocycles. The van der Waals surface area contributed by atoms with Gasteiger partial charge in [0.2, 0.25) is 0 Å². The van der Waals surface area contributed by atoms with Crippen LogP contribution in [0.25, 0.3) is 0 Å². The third-order valence-electron chi connectivity index (χ3n) is 10.00. The molecule has 0 saturated heterocycles. The quantitative estimate of drug-likeness (QED) is 0.582. The van der Waals surface area contributed by atoms with E-state index in [1.807, 2.05) is 0 Å². The predicted molar refractivity (Wildman–Crippen MR) is 103 cm³/mol. The Kier molecular flexibility index (Phi) is 4.01. The number of hydrogen-bond donors (Lipinski definition) is 0. The SMILES string of the molecule is C[C@]12CCCC[C@H]1CC[C@@H]1[C@@H]2CC[C@]2(C)[C@@H](C3=C(C#N)C(=O)OC3)CC[C@@H]12. The van der Waals surface area contributed by atoms with Gasteiger partial charge in [-0.3, -0.25) is 0 Å². The Morgan fingerprint density at radius 1 is 0.963 bits per heavy atom. The minimum Gasteiger partial charge on any atom is -0.457 e. The average Bonchev–Trinajstić information content (AvgIpc) is 3.20. The molecule has 0 bridgehead atoms. The van der Waals surface area contributed by atoms with Crippen LogP contribution in [0.15, 0.2) is 11.1 Å². The fourth-order valence-electron chi connectivity index (χ4n) is 8.68. The van der Waals surface area contributed by atoms with Gasteiger partial charge in [0, 0.05) is 0 Å². The van der Waals surface area contributed by atoms with Crippen molar-refractivity contribution in [2.45, 2.75) is 78.1 Å². The van der Waals surface area contributed by atoms with Crippen LogP contribution in [0.4, 0.5) is 0 Å². The third kappa shape index (κ3) is 2.34. The highest BCUT2D eigenvalue weighted by molar-refractivity contribution is 5.96. The number of esters is 1. The van der Waals surface area contributed by atoms with Gasteiger partial charge in [-0.05, 0) is 97.4 Å². The van der Waals surface area contributed by atoms with Gasteiger partial charge in [0.1, 0.15) is 18.2 Å². The first-order chi connectivity index (χ1) is 13.0. The zero-order valence-corrected chi connectivity index (χ0v) is 16.9. The molecule has 3 heteroatoms. The number of carbonyl (C=O) groups is 1. The van der Waals surface area contributed by atoms with Gasteiger partial charge >= 0.3 is 5.97 Å². The van der Waals surface area contributed by atoms with E-state index in [2.05, 4.69) is 19.9 Å². The predicted octanol–water partition coefficient (Wildman–Crippen LogP) is 5.41. The number of rotatable bonds is 1. The Hall–Kier alpha value is -1.30. The second kappa shape index (κ2) is 6.10. The maximum absolute atomic E-state index is 12.0. The van der Waals surface area contributed by atoms with Gasteiger partial charge < -0.3 is 4.74 Å². The average molecular weight is 368 g/mol. The van der Waals surface area contributed by atoms with E-state index in [4.69, 9.17) is 4.74 Å². The van der Waals surface area contributed by atoms with Gasteiger partial charge in [-0.15, -0.1) is 0 Å². The molecule has 4 fully saturated rings. The van der Waals surface area contributed by atoms with E-state index in [1.54, 1.807) is 0 Å². The van der Waals surface area contributed by atoms with Crippen molar-refractivity contribution in [3.8, 4) is 6.07 Å². The van der Waals surface area contributed by atoms with Gasteiger partial charge in [0.15, 0.2) is 0 Å². The number of hydrogen-bond acceptors (Lipinski definition) is 3. The summed E-state index contributed by atoms with van der Waals surface area (Å²) >= 11 is 0. The van der Waals surface area contributed by atoms with Crippen LogP contribution in [-0.2, 0) is 9.53 Å². The van der Waals surface area contributed by atoms with Crippen LogP contribution in [0.2, 0.25) is 0 Å². The smallest absolute Gasteiger partial charge is 0.349 e. The standard InChI is InChI=1S/C24H33NO2/c1-23-11-4-3-5-15(23)6-7-16-19-8-9-20(24(19,2)12-10-21(16)23)18-14-27-22(26)17(18)13-25/h15-16,19-21H,3-12,14H2,1-2H3/t15-,16-,19-,20+,21-,23-,24-/m0/s1. The maximum atomic E-state index is 12.0. The summed E-state index contributed by atoms with van der Waals surface area (Å²) in [6.45, 7) is 5.47. The largest absolute Gasteiger partial charge is 0.457 e. The lowest BCUT2D eigenvalue weighted by atomic mass is 9.44. The molecule has 0 aromatic heterocycles. The van der Waals surface area contributed by atoms with Crippen molar-refractivity contribution >= 4 is 5.97 Å². The fourth-order valence-corrected chi connectivity index (χ4v) is 8.68. The first-order valence-electron chi connectivity index (χ1n) is 11.3. The third-order valence-corrected chi connectivity index (χ3v) is 10.00. The molecule has 27 heavy (non-hydrogen) atoms. The molecule has 0 N–H and O–H groups in total. The van der Waals surface area contributed by atoms with E-state index >= 15 is 0 Å². The molecule has 4 saturated carbocycles.